The molecule has 0 saturated heterocycles. The van der Waals surface area contributed by atoms with Gasteiger partial charge in [-0.25, -0.2) is 0 Å². The summed E-state index contributed by atoms with van der Waals surface area (Å²) in [5.74, 6) is 0.0982. The lowest BCUT2D eigenvalue weighted by Crippen LogP contribution is -2.28. The van der Waals surface area contributed by atoms with Crippen LogP contribution in [0.4, 0.5) is 39.8 Å². The van der Waals surface area contributed by atoms with Gasteiger partial charge in [-0.3, -0.25) is 0 Å². The van der Waals surface area contributed by atoms with Crippen molar-refractivity contribution < 1.29 is 5.11 Å². The van der Waals surface area contributed by atoms with E-state index in [-0.39, 0.29) is 5.75 Å². The maximum atomic E-state index is 10.5. The fourth-order valence-corrected chi connectivity index (χ4v) is 3.91. The molecule has 7 N–H and O–H groups in total. The van der Waals surface area contributed by atoms with Gasteiger partial charge in [0.15, 0.2) is 0 Å². The van der Waals surface area contributed by atoms with Crippen LogP contribution in [0.1, 0.15) is 20.8 Å². The van der Waals surface area contributed by atoms with Crippen LogP contribution in [0.3, 0.4) is 0 Å². The summed E-state index contributed by atoms with van der Waals surface area (Å²) in [5, 5.41) is 24.0. The standard InChI is InChI=1S/C29H43N7O/c1-5-35(4)18-16-31-22-8-12-24(13-9-22)33-27-21-28(29(37)20-26(27)30)34-25-14-10-23(11-15-25)32-17-19-36(6-2)7-3/h8-15,20-21,31-34,37H,5-7,16-19,30H2,1-4H3. The second kappa shape index (κ2) is 14.2. The number of nitrogens with one attached hydrogen (secondary N) is 4. The summed E-state index contributed by atoms with van der Waals surface area (Å²) < 4.78 is 0. The summed E-state index contributed by atoms with van der Waals surface area (Å²) in [4.78, 5) is 4.65. The van der Waals surface area contributed by atoms with Crippen molar-refractivity contribution in [2.75, 3.05) is 79.9 Å². The normalized spacial score (nSPS) is 11.1. The number of anilines is 7. The molecule has 8 heteroatoms. The molecule has 37 heavy (non-hydrogen) atoms. The lowest BCUT2D eigenvalue weighted by Gasteiger charge is -2.18. The summed E-state index contributed by atoms with van der Waals surface area (Å²) in [5.41, 5.74) is 11.9. The average molecular weight is 506 g/mol. The van der Waals surface area contributed by atoms with E-state index in [0.29, 0.717) is 11.4 Å². The minimum Gasteiger partial charge on any atom is -0.506 e. The van der Waals surface area contributed by atoms with Crippen molar-refractivity contribution in [3.63, 3.8) is 0 Å². The van der Waals surface area contributed by atoms with Crippen LogP contribution in [0, 0.1) is 0 Å². The number of nitrogens with zero attached hydrogens (tertiary/aromatic N) is 2. The number of rotatable bonds is 15. The average Bonchev–Trinajstić information content (AvgIpc) is 2.91. The Labute approximate surface area is 221 Å². The Bertz CT molecular complexity index is 1080. The van der Waals surface area contributed by atoms with E-state index in [1.54, 1.807) is 6.07 Å². The molecule has 0 amide bonds. The monoisotopic (exact) mass is 505 g/mol. The Morgan fingerprint density at radius 2 is 1.16 bits per heavy atom. The molecule has 0 radical (unpaired) electrons. The van der Waals surface area contributed by atoms with E-state index in [1.807, 2.05) is 54.6 Å². The number of hydrogen-bond donors (Lipinski definition) is 6. The lowest BCUT2D eigenvalue weighted by molar-refractivity contribution is 0.316. The van der Waals surface area contributed by atoms with E-state index in [1.165, 1.54) is 0 Å². The summed E-state index contributed by atoms with van der Waals surface area (Å²) in [6.07, 6.45) is 0. The Morgan fingerprint density at radius 1 is 0.676 bits per heavy atom. The fraction of sp³-hybridized carbons (Fsp3) is 0.379. The molecule has 0 unspecified atom stereocenters. The van der Waals surface area contributed by atoms with Crippen molar-refractivity contribution in [2.45, 2.75) is 20.8 Å². The maximum Gasteiger partial charge on any atom is 0.141 e. The summed E-state index contributed by atoms with van der Waals surface area (Å²) in [6, 6.07) is 19.6. The van der Waals surface area contributed by atoms with Crippen molar-refractivity contribution in [2.24, 2.45) is 0 Å². The van der Waals surface area contributed by atoms with Crippen molar-refractivity contribution in [1.29, 1.82) is 0 Å². The summed E-state index contributed by atoms with van der Waals surface area (Å²) in [6.45, 7) is 13.5. The number of phenols is 1. The van der Waals surface area contributed by atoms with E-state index in [0.717, 1.165) is 74.3 Å². The summed E-state index contributed by atoms with van der Waals surface area (Å²) in [7, 11) is 2.11. The largest absolute Gasteiger partial charge is 0.506 e. The zero-order valence-corrected chi connectivity index (χ0v) is 22.6. The Morgan fingerprint density at radius 3 is 1.68 bits per heavy atom. The second-order valence-electron chi connectivity index (χ2n) is 9.14. The van der Waals surface area contributed by atoms with Gasteiger partial charge >= 0.3 is 0 Å². The Hall–Kier alpha value is -3.62. The Balaban J connectivity index is 1.59. The highest BCUT2D eigenvalue weighted by atomic mass is 16.3. The highest BCUT2D eigenvalue weighted by Gasteiger charge is 2.09. The van der Waals surface area contributed by atoms with E-state index in [4.69, 9.17) is 5.73 Å². The molecule has 0 fully saturated rings. The van der Waals surface area contributed by atoms with Crippen molar-refractivity contribution >= 4 is 39.8 Å². The molecule has 0 saturated carbocycles. The third kappa shape index (κ3) is 8.77. The first-order chi connectivity index (χ1) is 17.9. The van der Waals surface area contributed by atoms with Gasteiger partial charge in [-0.15, -0.1) is 0 Å². The van der Waals surface area contributed by atoms with Crippen molar-refractivity contribution in [3.05, 3.63) is 60.7 Å². The van der Waals surface area contributed by atoms with Gasteiger partial charge in [0.25, 0.3) is 0 Å². The molecule has 3 rings (SSSR count). The van der Waals surface area contributed by atoms with Crippen LogP contribution < -0.4 is 27.0 Å². The number of phenolic OH excluding ortho intramolecular Hbond substituents is 1. The van der Waals surface area contributed by atoms with E-state index < -0.39 is 0 Å². The molecule has 0 aliphatic heterocycles. The SMILES string of the molecule is CCN(C)CCNc1ccc(Nc2cc(Nc3ccc(NCCN(CC)CC)cc3)c(O)cc2N)cc1. The predicted molar refractivity (Wildman–Crippen MR) is 160 cm³/mol. The fourth-order valence-electron chi connectivity index (χ4n) is 3.91. The first-order valence-electron chi connectivity index (χ1n) is 13.2. The number of nitrogens with two attached hydrogens (primary N) is 1. The molecule has 0 aliphatic rings. The second-order valence-corrected chi connectivity index (χ2v) is 9.14. The maximum absolute atomic E-state index is 10.5. The molecule has 3 aromatic rings. The molecule has 0 atom stereocenters. The van der Waals surface area contributed by atoms with Gasteiger partial charge in [0.1, 0.15) is 5.75 Å². The van der Waals surface area contributed by atoms with Gasteiger partial charge in [0, 0.05) is 55.0 Å². The quantitative estimate of drug-likeness (QED) is 0.0905. The molecule has 0 bridgehead atoms. The third-order valence-corrected chi connectivity index (χ3v) is 6.51. The smallest absolute Gasteiger partial charge is 0.141 e. The van der Waals surface area contributed by atoms with Gasteiger partial charge in [-0.2, -0.15) is 0 Å². The van der Waals surface area contributed by atoms with E-state index in [9.17, 15) is 5.11 Å². The first kappa shape index (κ1) is 28.0. The molecule has 0 heterocycles. The molecule has 0 spiro atoms. The van der Waals surface area contributed by atoms with Gasteiger partial charge in [-0.05, 0) is 81.3 Å². The van der Waals surface area contributed by atoms with E-state index in [2.05, 4.69) is 58.9 Å². The number of likely N-dealkylation sites (N-methyl/N-ethyl adjacent to an activating group) is 2. The third-order valence-electron chi connectivity index (χ3n) is 6.51. The Kier molecular flexibility index (Phi) is 10.7. The highest BCUT2D eigenvalue weighted by molar-refractivity contribution is 5.82. The lowest BCUT2D eigenvalue weighted by atomic mass is 10.2. The topological polar surface area (TPSA) is 101 Å². The van der Waals surface area contributed by atoms with Crippen LogP contribution in [-0.4, -0.2) is 67.8 Å². The number of aromatic hydroxyl groups is 1. The van der Waals surface area contributed by atoms with Crippen molar-refractivity contribution in [3.8, 4) is 5.75 Å². The van der Waals surface area contributed by atoms with Gasteiger partial charge in [0.05, 0.1) is 17.1 Å². The molecule has 8 nitrogen and oxygen atoms in total. The van der Waals surface area contributed by atoms with Crippen LogP contribution in [0.2, 0.25) is 0 Å². The zero-order valence-electron chi connectivity index (χ0n) is 22.6. The van der Waals surface area contributed by atoms with Gasteiger partial charge in [-0.1, -0.05) is 20.8 Å². The van der Waals surface area contributed by atoms with E-state index >= 15 is 0 Å². The predicted octanol–water partition coefficient (Wildman–Crippen LogP) is 5.58. The molecular formula is C29H43N7O. The number of nitrogen functional groups attached to an aromatic ring is 1. The van der Waals surface area contributed by atoms with Crippen LogP contribution in [0.15, 0.2) is 60.7 Å². The van der Waals surface area contributed by atoms with Gasteiger partial charge < -0.3 is 41.9 Å². The number of benzene rings is 3. The molecule has 0 aromatic heterocycles. The van der Waals surface area contributed by atoms with Crippen molar-refractivity contribution in [1.82, 2.24) is 9.80 Å². The zero-order chi connectivity index (χ0) is 26.6. The highest BCUT2D eigenvalue weighted by Crippen LogP contribution is 2.36. The minimum absolute atomic E-state index is 0.0982. The minimum atomic E-state index is 0.0982. The molecule has 200 valence electrons. The number of hydrogen-bond acceptors (Lipinski definition) is 8. The van der Waals surface area contributed by atoms with Crippen LogP contribution in [0.25, 0.3) is 0 Å². The van der Waals surface area contributed by atoms with Gasteiger partial charge in [0.2, 0.25) is 0 Å². The molecular weight excluding hydrogens is 462 g/mol. The molecule has 3 aromatic carbocycles. The van der Waals surface area contributed by atoms with Crippen LogP contribution in [0.5, 0.6) is 5.75 Å². The first-order valence-corrected chi connectivity index (χ1v) is 13.2. The van der Waals surface area contributed by atoms with Crippen LogP contribution >= 0.6 is 0 Å². The summed E-state index contributed by atoms with van der Waals surface area (Å²) >= 11 is 0. The van der Waals surface area contributed by atoms with Crippen LogP contribution in [-0.2, 0) is 0 Å². The molecule has 0 aliphatic carbocycles.